The third-order valence-corrected chi connectivity index (χ3v) is 3.69. The van der Waals surface area contributed by atoms with Crippen molar-refractivity contribution in [3.8, 4) is 5.75 Å². The van der Waals surface area contributed by atoms with Gasteiger partial charge in [-0.25, -0.2) is 0 Å². The van der Waals surface area contributed by atoms with Crippen LogP contribution in [0.2, 0.25) is 0 Å². The molecule has 2 unspecified atom stereocenters. The standard InChI is InChI=1S/C14H20N2O2/c1-9-3-4-11(13(17)7-9)14(18)16-6-5-10(2)12(15)8-16/h3-4,7,10,12,17H,5-6,8,15H2,1-2H3. The first-order chi connectivity index (χ1) is 8.49. The quantitative estimate of drug-likeness (QED) is 0.791. The van der Waals surface area contributed by atoms with Gasteiger partial charge in [0.05, 0.1) is 5.56 Å². The minimum absolute atomic E-state index is 0.0234. The van der Waals surface area contributed by atoms with Gasteiger partial charge in [0, 0.05) is 19.1 Å². The van der Waals surface area contributed by atoms with Gasteiger partial charge in [-0.3, -0.25) is 4.79 Å². The number of benzene rings is 1. The van der Waals surface area contributed by atoms with Crippen molar-refractivity contribution in [1.29, 1.82) is 0 Å². The monoisotopic (exact) mass is 248 g/mol. The van der Waals surface area contributed by atoms with Crippen molar-refractivity contribution in [2.24, 2.45) is 11.7 Å². The lowest BCUT2D eigenvalue weighted by molar-refractivity contribution is 0.0669. The lowest BCUT2D eigenvalue weighted by atomic mass is 9.94. The number of nitrogens with zero attached hydrogens (tertiary/aromatic N) is 1. The highest BCUT2D eigenvalue weighted by atomic mass is 16.3. The van der Waals surface area contributed by atoms with Crippen molar-refractivity contribution >= 4 is 5.91 Å². The Morgan fingerprint density at radius 1 is 1.50 bits per heavy atom. The zero-order valence-electron chi connectivity index (χ0n) is 10.9. The van der Waals surface area contributed by atoms with Gasteiger partial charge in [-0.1, -0.05) is 13.0 Å². The van der Waals surface area contributed by atoms with Gasteiger partial charge in [0.1, 0.15) is 5.75 Å². The van der Waals surface area contributed by atoms with E-state index in [4.69, 9.17) is 5.73 Å². The number of rotatable bonds is 1. The van der Waals surface area contributed by atoms with Crippen LogP contribution in [0, 0.1) is 12.8 Å². The molecule has 0 aliphatic carbocycles. The third-order valence-electron chi connectivity index (χ3n) is 3.69. The minimum atomic E-state index is -0.130. The number of amides is 1. The average molecular weight is 248 g/mol. The van der Waals surface area contributed by atoms with Crippen LogP contribution in [-0.2, 0) is 0 Å². The predicted molar refractivity (Wildman–Crippen MR) is 70.5 cm³/mol. The minimum Gasteiger partial charge on any atom is -0.507 e. The lowest BCUT2D eigenvalue weighted by Crippen LogP contribution is -2.49. The van der Waals surface area contributed by atoms with E-state index in [1.807, 2.05) is 13.0 Å². The number of likely N-dealkylation sites (tertiary alicyclic amines) is 1. The Labute approximate surface area is 107 Å². The Hall–Kier alpha value is -1.55. The first-order valence-corrected chi connectivity index (χ1v) is 6.33. The van der Waals surface area contributed by atoms with Crippen molar-refractivity contribution in [3.05, 3.63) is 29.3 Å². The molecule has 0 spiro atoms. The highest BCUT2D eigenvalue weighted by Gasteiger charge is 2.27. The Kier molecular flexibility index (Phi) is 3.57. The number of carbonyl (C=O) groups excluding carboxylic acids is 1. The summed E-state index contributed by atoms with van der Waals surface area (Å²) >= 11 is 0. The van der Waals surface area contributed by atoms with E-state index in [-0.39, 0.29) is 17.7 Å². The Morgan fingerprint density at radius 2 is 2.22 bits per heavy atom. The third kappa shape index (κ3) is 2.48. The molecule has 1 aliphatic heterocycles. The van der Waals surface area contributed by atoms with Crippen LogP contribution in [0.25, 0.3) is 0 Å². The second-order valence-electron chi connectivity index (χ2n) is 5.20. The molecule has 0 aromatic heterocycles. The number of phenols is 1. The van der Waals surface area contributed by atoms with Crippen molar-refractivity contribution in [2.45, 2.75) is 26.3 Å². The SMILES string of the molecule is Cc1ccc(C(=O)N2CCC(C)C(N)C2)c(O)c1. The Balaban J connectivity index is 2.16. The van der Waals surface area contributed by atoms with Crippen molar-refractivity contribution < 1.29 is 9.90 Å². The van der Waals surface area contributed by atoms with E-state index in [0.717, 1.165) is 12.0 Å². The summed E-state index contributed by atoms with van der Waals surface area (Å²) < 4.78 is 0. The maximum Gasteiger partial charge on any atom is 0.257 e. The van der Waals surface area contributed by atoms with Crippen molar-refractivity contribution in [1.82, 2.24) is 4.90 Å². The van der Waals surface area contributed by atoms with Crippen LogP contribution < -0.4 is 5.73 Å². The molecular formula is C14H20N2O2. The Morgan fingerprint density at radius 3 is 2.83 bits per heavy atom. The van der Waals surface area contributed by atoms with Crippen LogP contribution in [0.3, 0.4) is 0 Å². The summed E-state index contributed by atoms with van der Waals surface area (Å²) in [5.74, 6) is 0.364. The van der Waals surface area contributed by atoms with E-state index in [0.29, 0.717) is 24.6 Å². The molecule has 1 saturated heterocycles. The molecule has 2 rings (SSSR count). The van der Waals surface area contributed by atoms with Gasteiger partial charge < -0.3 is 15.7 Å². The van der Waals surface area contributed by atoms with E-state index < -0.39 is 0 Å². The van der Waals surface area contributed by atoms with Gasteiger partial charge in [0.25, 0.3) is 5.91 Å². The van der Waals surface area contributed by atoms with Crippen molar-refractivity contribution in [2.75, 3.05) is 13.1 Å². The Bertz CT molecular complexity index is 459. The molecule has 4 heteroatoms. The number of aromatic hydroxyl groups is 1. The maximum absolute atomic E-state index is 12.3. The molecule has 1 aromatic rings. The van der Waals surface area contributed by atoms with Crippen LogP contribution in [-0.4, -0.2) is 35.0 Å². The largest absolute Gasteiger partial charge is 0.507 e. The summed E-state index contributed by atoms with van der Waals surface area (Å²) in [6, 6.07) is 5.14. The van der Waals surface area contributed by atoms with Crippen LogP contribution in [0.1, 0.15) is 29.3 Å². The summed E-state index contributed by atoms with van der Waals surface area (Å²) in [6.07, 6.45) is 0.916. The molecule has 1 fully saturated rings. The number of aryl methyl sites for hydroxylation is 1. The normalized spacial score (nSPS) is 24.1. The van der Waals surface area contributed by atoms with E-state index in [9.17, 15) is 9.90 Å². The first-order valence-electron chi connectivity index (χ1n) is 6.33. The fourth-order valence-corrected chi connectivity index (χ4v) is 2.28. The average Bonchev–Trinajstić information content (AvgIpc) is 2.32. The van der Waals surface area contributed by atoms with Crippen LogP contribution in [0.15, 0.2) is 18.2 Å². The molecular weight excluding hydrogens is 228 g/mol. The molecule has 1 aromatic carbocycles. The smallest absolute Gasteiger partial charge is 0.257 e. The van der Waals surface area contributed by atoms with Gasteiger partial charge in [0.15, 0.2) is 0 Å². The zero-order chi connectivity index (χ0) is 13.3. The van der Waals surface area contributed by atoms with E-state index in [1.54, 1.807) is 17.0 Å². The number of hydrogen-bond donors (Lipinski definition) is 2. The van der Waals surface area contributed by atoms with Gasteiger partial charge in [-0.15, -0.1) is 0 Å². The lowest BCUT2D eigenvalue weighted by Gasteiger charge is -2.35. The topological polar surface area (TPSA) is 66.6 Å². The summed E-state index contributed by atoms with van der Waals surface area (Å²) in [5, 5.41) is 9.83. The first kappa shape index (κ1) is 12.9. The molecule has 4 nitrogen and oxygen atoms in total. The highest BCUT2D eigenvalue weighted by Crippen LogP contribution is 2.23. The van der Waals surface area contributed by atoms with Crippen LogP contribution >= 0.6 is 0 Å². The molecule has 0 bridgehead atoms. The summed E-state index contributed by atoms with van der Waals surface area (Å²) in [6.45, 7) is 5.26. The molecule has 1 heterocycles. The zero-order valence-corrected chi connectivity index (χ0v) is 10.9. The molecule has 1 aliphatic rings. The molecule has 18 heavy (non-hydrogen) atoms. The fraction of sp³-hybridized carbons (Fsp3) is 0.500. The van der Waals surface area contributed by atoms with Gasteiger partial charge in [0.2, 0.25) is 0 Å². The van der Waals surface area contributed by atoms with Crippen LogP contribution in [0.4, 0.5) is 0 Å². The van der Waals surface area contributed by atoms with E-state index in [2.05, 4.69) is 6.92 Å². The van der Waals surface area contributed by atoms with Crippen molar-refractivity contribution in [3.63, 3.8) is 0 Å². The summed E-state index contributed by atoms with van der Waals surface area (Å²) in [7, 11) is 0. The summed E-state index contributed by atoms with van der Waals surface area (Å²) in [4.78, 5) is 14.0. The molecule has 98 valence electrons. The van der Waals surface area contributed by atoms with E-state index in [1.165, 1.54) is 0 Å². The fourth-order valence-electron chi connectivity index (χ4n) is 2.28. The van der Waals surface area contributed by atoms with Gasteiger partial charge >= 0.3 is 0 Å². The second kappa shape index (κ2) is 4.98. The summed E-state index contributed by atoms with van der Waals surface area (Å²) in [5.41, 5.74) is 7.29. The molecule has 3 N–H and O–H groups in total. The second-order valence-corrected chi connectivity index (χ2v) is 5.20. The highest BCUT2D eigenvalue weighted by molar-refractivity contribution is 5.97. The number of carbonyl (C=O) groups is 1. The van der Waals surface area contributed by atoms with Gasteiger partial charge in [-0.2, -0.15) is 0 Å². The number of piperidine rings is 1. The number of phenolic OH excluding ortho intramolecular Hbond substituents is 1. The van der Waals surface area contributed by atoms with Gasteiger partial charge in [-0.05, 0) is 37.0 Å². The molecule has 2 atom stereocenters. The number of hydrogen-bond acceptors (Lipinski definition) is 3. The molecule has 0 saturated carbocycles. The maximum atomic E-state index is 12.3. The predicted octanol–water partition coefficient (Wildman–Crippen LogP) is 1.51. The van der Waals surface area contributed by atoms with E-state index >= 15 is 0 Å². The molecule has 1 amide bonds. The molecule has 0 radical (unpaired) electrons. The van der Waals surface area contributed by atoms with Crippen LogP contribution in [0.5, 0.6) is 5.75 Å². The number of nitrogens with two attached hydrogens (primary N) is 1.